The van der Waals surface area contributed by atoms with Crippen molar-refractivity contribution in [1.29, 1.82) is 0 Å². The Morgan fingerprint density at radius 3 is 2.00 bits per heavy atom. The third kappa shape index (κ3) is 6.53. The summed E-state index contributed by atoms with van der Waals surface area (Å²) in [7, 11) is -3.78. The number of hydrogen-bond donors (Lipinski definition) is 4. The third-order valence-electron chi connectivity index (χ3n) is 4.21. The van der Waals surface area contributed by atoms with Gasteiger partial charge in [-0.2, -0.15) is 0 Å². The van der Waals surface area contributed by atoms with E-state index in [2.05, 4.69) is 10.1 Å². The zero-order valence-corrected chi connectivity index (χ0v) is 17.7. The molecule has 3 rings (SSSR count). The predicted octanol–water partition coefficient (Wildman–Crippen LogP) is 4.29. The van der Waals surface area contributed by atoms with Crippen LogP contribution in [0.15, 0.2) is 60.7 Å². The Morgan fingerprint density at radius 2 is 1.48 bits per heavy atom. The van der Waals surface area contributed by atoms with Crippen LogP contribution in [0, 0.1) is 0 Å². The first-order chi connectivity index (χ1) is 15.3. The van der Waals surface area contributed by atoms with E-state index in [-0.39, 0.29) is 17.0 Å². The number of alkyl halides is 3. The molecule has 0 fully saturated rings. The van der Waals surface area contributed by atoms with E-state index in [1.807, 2.05) is 4.72 Å². The molecule has 12 heteroatoms. The van der Waals surface area contributed by atoms with Crippen molar-refractivity contribution in [2.75, 3.05) is 16.3 Å². The van der Waals surface area contributed by atoms with Crippen molar-refractivity contribution in [3.8, 4) is 28.4 Å². The predicted molar refractivity (Wildman–Crippen MR) is 115 cm³/mol. The van der Waals surface area contributed by atoms with Crippen LogP contribution in [0.4, 0.5) is 24.5 Å². The second-order valence-corrected chi connectivity index (χ2v) is 8.62. The number of benzene rings is 3. The summed E-state index contributed by atoms with van der Waals surface area (Å²) in [6.45, 7) is 0. The first-order valence-corrected chi connectivity index (χ1v) is 11.0. The fourth-order valence-corrected chi connectivity index (χ4v) is 3.38. The Labute approximate surface area is 186 Å². The molecular weight excluding hydrogens is 465 g/mol. The van der Waals surface area contributed by atoms with Gasteiger partial charge in [0.15, 0.2) is 11.5 Å². The topological polar surface area (TPSA) is 125 Å². The van der Waals surface area contributed by atoms with E-state index in [9.17, 15) is 36.6 Å². The minimum atomic E-state index is -4.78. The van der Waals surface area contributed by atoms with Gasteiger partial charge >= 0.3 is 6.36 Å². The van der Waals surface area contributed by atoms with Gasteiger partial charge in [-0.15, -0.1) is 13.2 Å². The molecule has 0 radical (unpaired) electrons. The molecule has 0 aliphatic heterocycles. The molecule has 0 saturated heterocycles. The van der Waals surface area contributed by atoms with Gasteiger partial charge < -0.3 is 20.3 Å². The number of amides is 1. The largest absolute Gasteiger partial charge is 0.573 e. The monoisotopic (exact) mass is 482 g/mol. The summed E-state index contributed by atoms with van der Waals surface area (Å²) in [6.07, 6.45) is -3.94. The highest BCUT2D eigenvalue weighted by atomic mass is 32.2. The van der Waals surface area contributed by atoms with Gasteiger partial charge in [-0.05, 0) is 47.5 Å². The van der Waals surface area contributed by atoms with Crippen molar-refractivity contribution < 1.29 is 41.3 Å². The summed E-state index contributed by atoms with van der Waals surface area (Å²) < 4.78 is 65.4. The quantitative estimate of drug-likeness (QED) is 0.389. The molecule has 0 bridgehead atoms. The fourth-order valence-electron chi connectivity index (χ4n) is 2.83. The van der Waals surface area contributed by atoms with E-state index in [4.69, 9.17) is 0 Å². The molecule has 0 spiro atoms. The summed E-state index contributed by atoms with van der Waals surface area (Å²) in [5.74, 6) is -2.46. The van der Waals surface area contributed by atoms with Gasteiger partial charge in [0.25, 0.3) is 5.91 Å². The number of carbonyl (C=O) groups is 1. The van der Waals surface area contributed by atoms with Crippen LogP contribution in [0.25, 0.3) is 11.1 Å². The Bertz CT molecular complexity index is 1280. The van der Waals surface area contributed by atoms with Crippen LogP contribution in [0.1, 0.15) is 10.4 Å². The average molecular weight is 482 g/mol. The van der Waals surface area contributed by atoms with Gasteiger partial charge in [0.1, 0.15) is 5.75 Å². The number of hydrogen-bond acceptors (Lipinski definition) is 6. The fraction of sp³-hybridized carbons (Fsp3) is 0.0952. The smallest absolute Gasteiger partial charge is 0.504 e. The molecule has 0 atom stereocenters. The molecule has 8 nitrogen and oxygen atoms in total. The molecule has 3 aromatic rings. The maximum atomic E-state index is 12.5. The molecular formula is C21H17F3N2O6S. The van der Waals surface area contributed by atoms with Crippen LogP contribution >= 0.6 is 0 Å². The SMILES string of the molecule is CS(=O)(=O)Nc1cc(C(=O)Nc2ccc(-c3ccc(OC(F)(F)F)cc3)cc2)cc(O)c1O. The van der Waals surface area contributed by atoms with Crippen LogP contribution in [-0.2, 0) is 10.0 Å². The zero-order chi connectivity index (χ0) is 24.4. The molecule has 0 aromatic heterocycles. The molecule has 4 N–H and O–H groups in total. The minimum Gasteiger partial charge on any atom is -0.504 e. The lowest BCUT2D eigenvalue weighted by molar-refractivity contribution is -0.274. The standard InChI is InChI=1S/C21H17F3N2O6S/c1-33(30,31)26-17-10-14(11-18(27)19(17)28)20(29)25-15-6-2-12(3-7-15)13-4-8-16(9-5-13)32-21(22,23)24/h2-11,26-28H,1H3,(H,25,29). The first kappa shape index (κ1) is 23.7. The van der Waals surface area contributed by atoms with Gasteiger partial charge in [0.2, 0.25) is 10.0 Å². The number of phenolic OH excluding ortho intramolecular Hbond substituents is 2. The van der Waals surface area contributed by atoms with Crippen molar-refractivity contribution >= 4 is 27.3 Å². The molecule has 0 heterocycles. The van der Waals surface area contributed by atoms with Crippen LogP contribution < -0.4 is 14.8 Å². The average Bonchev–Trinajstić information content (AvgIpc) is 2.70. The van der Waals surface area contributed by atoms with Gasteiger partial charge in [0, 0.05) is 11.3 Å². The zero-order valence-electron chi connectivity index (χ0n) is 16.8. The van der Waals surface area contributed by atoms with E-state index in [1.165, 1.54) is 24.3 Å². The van der Waals surface area contributed by atoms with Gasteiger partial charge in [0.05, 0.1) is 11.9 Å². The minimum absolute atomic E-state index is 0.124. The second-order valence-electron chi connectivity index (χ2n) is 6.87. The number of rotatable bonds is 6. The maximum absolute atomic E-state index is 12.5. The first-order valence-electron chi connectivity index (χ1n) is 9.12. The molecule has 0 unspecified atom stereocenters. The molecule has 3 aromatic carbocycles. The number of halogens is 3. The lowest BCUT2D eigenvalue weighted by Gasteiger charge is -2.12. The maximum Gasteiger partial charge on any atom is 0.573 e. The molecule has 0 saturated carbocycles. The Kier molecular flexibility index (Phi) is 6.40. The molecule has 33 heavy (non-hydrogen) atoms. The number of nitrogens with one attached hydrogen (secondary N) is 2. The van der Waals surface area contributed by atoms with Gasteiger partial charge in [-0.3, -0.25) is 9.52 Å². The van der Waals surface area contributed by atoms with Crippen LogP contribution in [0.3, 0.4) is 0 Å². The summed E-state index contributed by atoms with van der Waals surface area (Å²) >= 11 is 0. The summed E-state index contributed by atoms with van der Waals surface area (Å²) in [4.78, 5) is 12.5. The number of anilines is 2. The Hall–Kier alpha value is -3.93. The van der Waals surface area contributed by atoms with Gasteiger partial charge in [-0.1, -0.05) is 24.3 Å². The highest BCUT2D eigenvalue weighted by molar-refractivity contribution is 7.92. The van der Waals surface area contributed by atoms with Crippen molar-refractivity contribution in [2.45, 2.75) is 6.36 Å². The van der Waals surface area contributed by atoms with E-state index < -0.39 is 33.8 Å². The van der Waals surface area contributed by atoms with E-state index in [0.717, 1.165) is 18.4 Å². The Balaban J connectivity index is 1.74. The molecule has 174 valence electrons. The number of ether oxygens (including phenoxy) is 1. The van der Waals surface area contributed by atoms with E-state index in [1.54, 1.807) is 24.3 Å². The van der Waals surface area contributed by atoms with Crippen LogP contribution in [0.5, 0.6) is 17.2 Å². The normalized spacial score (nSPS) is 11.6. The van der Waals surface area contributed by atoms with Crippen molar-refractivity contribution in [2.24, 2.45) is 0 Å². The van der Waals surface area contributed by atoms with E-state index in [0.29, 0.717) is 16.8 Å². The van der Waals surface area contributed by atoms with Gasteiger partial charge in [-0.25, -0.2) is 8.42 Å². The lowest BCUT2D eigenvalue weighted by Crippen LogP contribution is -2.16. The Morgan fingerprint density at radius 1 is 0.939 bits per heavy atom. The van der Waals surface area contributed by atoms with Crippen LogP contribution in [-0.4, -0.2) is 37.2 Å². The van der Waals surface area contributed by atoms with Crippen molar-refractivity contribution in [3.63, 3.8) is 0 Å². The second kappa shape index (κ2) is 8.90. The third-order valence-corrected chi connectivity index (χ3v) is 4.80. The van der Waals surface area contributed by atoms with Crippen molar-refractivity contribution in [1.82, 2.24) is 0 Å². The lowest BCUT2D eigenvalue weighted by atomic mass is 10.1. The number of carbonyl (C=O) groups excluding carboxylic acids is 1. The summed E-state index contributed by atoms with van der Waals surface area (Å²) in [5.41, 5.74) is 1.14. The summed E-state index contributed by atoms with van der Waals surface area (Å²) in [6, 6.07) is 13.6. The number of phenols is 2. The van der Waals surface area contributed by atoms with Crippen molar-refractivity contribution in [3.05, 3.63) is 66.2 Å². The molecule has 0 aliphatic carbocycles. The number of aromatic hydroxyl groups is 2. The van der Waals surface area contributed by atoms with E-state index >= 15 is 0 Å². The molecule has 1 amide bonds. The highest BCUT2D eigenvalue weighted by Gasteiger charge is 2.31. The number of sulfonamides is 1. The van der Waals surface area contributed by atoms with Crippen LogP contribution in [0.2, 0.25) is 0 Å². The molecule has 0 aliphatic rings. The summed E-state index contributed by atoms with van der Waals surface area (Å²) in [5, 5.41) is 22.2. The highest BCUT2D eigenvalue weighted by Crippen LogP contribution is 2.35.